The number of amidine groups is 1. The van der Waals surface area contributed by atoms with Crippen LogP contribution in [0.25, 0.3) is 0 Å². The molecule has 17 heavy (non-hydrogen) atoms. The Morgan fingerprint density at radius 3 is 2.53 bits per heavy atom. The number of rotatable bonds is 6. The van der Waals surface area contributed by atoms with Crippen LogP contribution in [-0.2, 0) is 12.8 Å². The SMILES string of the molecule is CCc1ccc(NCCC(N)=NC)cc1CC. The van der Waals surface area contributed by atoms with E-state index in [4.69, 9.17) is 5.73 Å². The predicted molar refractivity (Wildman–Crippen MR) is 75.9 cm³/mol. The van der Waals surface area contributed by atoms with E-state index in [1.165, 1.54) is 16.8 Å². The molecule has 1 rings (SSSR count). The minimum Gasteiger partial charge on any atom is -0.387 e. The average Bonchev–Trinajstić information content (AvgIpc) is 2.38. The van der Waals surface area contributed by atoms with E-state index in [9.17, 15) is 0 Å². The molecule has 0 aromatic heterocycles. The molecular weight excluding hydrogens is 210 g/mol. The lowest BCUT2D eigenvalue weighted by Crippen LogP contribution is -2.16. The Hall–Kier alpha value is -1.51. The van der Waals surface area contributed by atoms with Gasteiger partial charge >= 0.3 is 0 Å². The molecule has 0 saturated heterocycles. The number of anilines is 1. The van der Waals surface area contributed by atoms with Crippen molar-refractivity contribution in [3.05, 3.63) is 29.3 Å². The van der Waals surface area contributed by atoms with Gasteiger partial charge in [0.1, 0.15) is 0 Å². The molecule has 0 amide bonds. The Balaban J connectivity index is 2.60. The van der Waals surface area contributed by atoms with E-state index in [1.54, 1.807) is 7.05 Å². The van der Waals surface area contributed by atoms with Gasteiger partial charge in [-0.05, 0) is 36.1 Å². The van der Waals surface area contributed by atoms with E-state index in [0.717, 1.165) is 25.8 Å². The van der Waals surface area contributed by atoms with Gasteiger partial charge in [-0.25, -0.2) is 0 Å². The smallest absolute Gasteiger partial charge is 0.0951 e. The fourth-order valence-electron chi connectivity index (χ4n) is 1.86. The molecule has 0 aliphatic heterocycles. The highest BCUT2D eigenvalue weighted by Crippen LogP contribution is 2.17. The zero-order chi connectivity index (χ0) is 12.7. The first kappa shape index (κ1) is 13.6. The van der Waals surface area contributed by atoms with Crippen LogP contribution in [0, 0.1) is 0 Å². The second-order valence-corrected chi connectivity index (χ2v) is 4.08. The minimum atomic E-state index is 0.693. The third-order valence-corrected chi connectivity index (χ3v) is 2.97. The maximum Gasteiger partial charge on any atom is 0.0951 e. The van der Waals surface area contributed by atoms with E-state index < -0.39 is 0 Å². The quantitative estimate of drug-likeness (QED) is 0.586. The zero-order valence-corrected chi connectivity index (χ0v) is 11.1. The standard InChI is InChI=1S/C14H23N3/c1-4-11-6-7-13(10-12(11)5-2)17-9-8-14(15)16-3/h6-7,10,17H,4-5,8-9H2,1-3H3,(H2,15,16). The van der Waals surface area contributed by atoms with Gasteiger partial charge < -0.3 is 11.1 Å². The molecule has 94 valence electrons. The zero-order valence-electron chi connectivity index (χ0n) is 11.1. The second kappa shape index (κ2) is 6.94. The number of hydrogen-bond donors (Lipinski definition) is 2. The van der Waals surface area contributed by atoms with Crippen molar-refractivity contribution in [1.82, 2.24) is 0 Å². The molecule has 1 aromatic rings. The van der Waals surface area contributed by atoms with Crippen LogP contribution in [0.3, 0.4) is 0 Å². The van der Waals surface area contributed by atoms with E-state index in [-0.39, 0.29) is 0 Å². The molecule has 1 aromatic carbocycles. The number of nitrogens with one attached hydrogen (secondary N) is 1. The maximum absolute atomic E-state index is 5.65. The van der Waals surface area contributed by atoms with Gasteiger partial charge in [0, 0.05) is 25.7 Å². The monoisotopic (exact) mass is 233 g/mol. The van der Waals surface area contributed by atoms with Crippen LogP contribution >= 0.6 is 0 Å². The van der Waals surface area contributed by atoms with Crippen molar-refractivity contribution in [3.8, 4) is 0 Å². The van der Waals surface area contributed by atoms with Crippen LogP contribution in [0.4, 0.5) is 5.69 Å². The molecule has 0 radical (unpaired) electrons. The van der Waals surface area contributed by atoms with Gasteiger partial charge in [0.15, 0.2) is 0 Å². The first-order valence-electron chi connectivity index (χ1n) is 6.28. The highest BCUT2D eigenvalue weighted by Gasteiger charge is 2.00. The molecule has 3 nitrogen and oxygen atoms in total. The van der Waals surface area contributed by atoms with Crippen molar-refractivity contribution >= 4 is 11.5 Å². The molecule has 3 heteroatoms. The molecule has 0 saturated carbocycles. The molecule has 3 N–H and O–H groups in total. The summed E-state index contributed by atoms with van der Waals surface area (Å²) in [5.74, 6) is 0.693. The molecule has 0 aliphatic rings. The normalized spacial score (nSPS) is 11.6. The largest absolute Gasteiger partial charge is 0.387 e. The van der Waals surface area contributed by atoms with Crippen molar-refractivity contribution in [1.29, 1.82) is 0 Å². The van der Waals surface area contributed by atoms with Gasteiger partial charge in [-0.2, -0.15) is 0 Å². The Bertz CT molecular complexity index is 383. The topological polar surface area (TPSA) is 50.4 Å². The predicted octanol–water partition coefficient (Wildman–Crippen LogP) is 2.60. The number of benzene rings is 1. The summed E-state index contributed by atoms with van der Waals surface area (Å²) < 4.78 is 0. The van der Waals surface area contributed by atoms with Crippen molar-refractivity contribution in [3.63, 3.8) is 0 Å². The van der Waals surface area contributed by atoms with Crippen molar-refractivity contribution in [2.45, 2.75) is 33.1 Å². The molecule has 0 heterocycles. The molecule has 0 aliphatic carbocycles. The summed E-state index contributed by atoms with van der Waals surface area (Å²) in [6.07, 6.45) is 2.96. The fraction of sp³-hybridized carbons (Fsp3) is 0.500. The summed E-state index contributed by atoms with van der Waals surface area (Å²) in [5, 5.41) is 3.38. The third-order valence-electron chi connectivity index (χ3n) is 2.97. The summed E-state index contributed by atoms with van der Waals surface area (Å²) in [5.41, 5.74) is 9.68. The summed E-state index contributed by atoms with van der Waals surface area (Å²) in [6.45, 7) is 5.22. The number of aliphatic imine (C=N–C) groups is 1. The molecule has 0 spiro atoms. The Labute approximate surface area is 104 Å². The highest BCUT2D eigenvalue weighted by atomic mass is 14.9. The fourth-order valence-corrected chi connectivity index (χ4v) is 1.86. The number of hydrogen-bond acceptors (Lipinski definition) is 2. The van der Waals surface area contributed by atoms with Gasteiger partial charge in [0.05, 0.1) is 5.84 Å². The maximum atomic E-state index is 5.65. The van der Waals surface area contributed by atoms with Crippen LogP contribution in [0.1, 0.15) is 31.4 Å². The number of aryl methyl sites for hydroxylation is 2. The van der Waals surface area contributed by atoms with Crippen molar-refractivity contribution < 1.29 is 0 Å². The van der Waals surface area contributed by atoms with Crippen LogP contribution in [0.15, 0.2) is 23.2 Å². The van der Waals surface area contributed by atoms with Crippen LogP contribution in [0.5, 0.6) is 0 Å². The van der Waals surface area contributed by atoms with Gasteiger partial charge in [0.2, 0.25) is 0 Å². The Kier molecular flexibility index (Phi) is 5.53. The van der Waals surface area contributed by atoms with E-state index >= 15 is 0 Å². The first-order chi connectivity index (χ1) is 8.21. The number of nitrogens with two attached hydrogens (primary N) is 1. The molecule has 0 fully saturated rings. The van der Waals surface area contributed by atoms with Crippen molar-refractivity contribution in [2.75, 3.05) is 18.9 Å². The van der Waals surface area contributed by atoms with Gasteiger partial charge in [-0.1, -0.05) is 19.9 Å². The van der Waals surface area contributed by atoms with E-state index in [1.807, 2.05) is 0 Å². The van der Waals surface area contributed by atoms with Crippen LogP contribution in [-0.4, -0.2) is 19.4 Å². The summed E-state index contributed by atoms with van der Waals surface area (Å²) in [7, 11) is 1.72. The lowest BCUT2D eigenvalue weighted by Gasteiger charge is -2.11. The minimum absolute atomic E-state index is 0.693. The van der Waals surface area contributed by atoms with E-state index in [2.05, 4.69) is 42.4 Å². The summed E-state index contributed by atoms with van der Waals surface area (Å²) in [6, 6.07) is 6.58. The van der Waals surface area contributed by atoms with Gasteiger partial charge in [0.25, 0.3) is 0 Å². The Morgan fingerprint density at radius 1 is 1.24 bits per heavy atom. The lowest BCUT2D eigenvalue weighted by atomic mass is 10.0. The summed E-state index contributed by atoms with van der Waals surface area (Å²) >= 11 is 0. The molecular formula is C14H23N3. The first-order valence-corrected chi connectivity index (χ1v) is 6.28. The lowest BCUT2D eigenvalue weighted by molar-refractivity contribution is 1.03. The second-order valence-electron chi connectivity index (χ2n) is 4.08. The molecule has 0 bridgehead atoms. The average molecular weight is 233 g/mol. The molecule has 0 unspecified atom stereocenters. The van der Waals surface area contributed by atoms with E-state index in [0.29, 0.717) is 5.84 Å². The third kappa shape index (κ3) is 4.10. The van der Waals surface area contributed by atoms with Gasteiger partial charge in [-0.15, -0.1) is 0 Å². The van der Waals surface area contributed by atoms with Crippen LogP contribution < -0.4 is 11.1 Å². The summed E-state index contributed by atoms with van der Waals surface area (Å²) in [4.78, 5) is 3.94. The number of nitrogens with zero attached hydrogens (tertiary/aromatic N) is 1. The molecule has 0 atom stereocenters. The Morgan fingerprint density at radius 2 is 1.94 bits per heavy atom. The van der Waals surface area contributed by atoms with Crippen molar-refractivity contribution in [2.24, 2.45) is 10.7 Å². The van der Waals surface area contributed by atoms with Gasteiger partial charge in [-0.3, -0.25) is 4.99 Å². The van der Waals surface area contributed by atoms with Crippen LogP contribution in [0.2, 0.25) is 0 Å². The highest BCUT2D eigenvalue weighted by molar-refractivity contribution is 5.80.